The molecule has 0 aliphatic carbocycles. The standard InChI is InChI=1S/C30H27N7O/c1-19-13-26-24(9-11-32-29(26)31)20(2)27(19)16-33-30(38)23-15-35-36(18-23)17-21-7-8-25-22(14-21)5-3-6-28(25)37-12-4-10-34-37/h3-15,18H,16-17H2,1-2H3,(H2,31,32)(H,33,38). The summed E-state index contributed by atoms with van der Waals surface area (Å²) in [6.07, 6.45) is 8.82. The predicted molar refractivity (Wildman–Crippen MR) is 149 cm³/mol. The highest BCUT2D eigenvalue weighted by Crippen LogP contribution is 2.28. The molecule has 8 nitrogen and oxygen atoms in total. The van der Waals surface area contributed by atoms with Crippen LogP contribution in [0, 0.1) is 13.8 Å². The molecule has 0 saturated carbocycles. The van der Waals surface area contributed by atoms with Gasteiger partial charge in [-0.2, -0.15) is 10.2 Å². The first-order valence-corrected chi connectivity index (χ1v) is 12.4. The molecule has 0 atom stereocenters. The molecule has 3 aromatic heterocycles. The molecule has 3 aromatic carbocycles. The summed E-state index contributed by atoms with van der Waals surface area (Å²) in [4.78, 5) is 17.1. The number of carbonyl (C=O) groups is 1. The van der Waals surface area contributed by atoms with Crippen molar-refractivity contribution in [2.24, 2.45) is 0 Å². The molecule has 0 saturated heterocycles. The number of fused-ring (bicyclic) bond motifs is 2. The zero-order chi connectivity index (χ0) is 26.2. The molecule has 0 spiro atoms. The smallest absolute Gasteiger partial charge is 0.254 e. The summed E-state index contributed by atoms with van der Waals surface area (Å²) in [5.74, 6) is 0.355. The third kappa shape index (κ3) is 4.26. The number of amides is 1. The topological polar surface area (TPSA) is 104 Å². The lowest BCUT2D eigenvalue weighted by atomic mass is 9.96. The second-order valence-corrected chi connectivity index (χ2v) is 9.48. The van der Waals surface area contributed by atoms with Crippen LogP contribution in [0.1, 0.15) is 32.6 Å². The van der Waals surface area contributed by atoms with Gasteiger partial charge in [0.25, 0.3) is 5.91 Å². The number of nitrogens with two attached hydrogens (primary N) is 1. The van der Waals surface area contributed by atoms with Gasteiger partial charge in [0.1, 0.15) is 5.82 Å². The molecule has 1 amide bonds. The van der Waals surface area contributed by atoms with Crippen LogP contribution in [0.25, 0.3) is 27.2 Å². The summed E-state index contributed by atoms with van der Waals surface area (Å²) in [5.41, 5.74) is 12.0. The fourth-order valence-corrected chi connectivity index (χ4v) is 5.05. The van der Waals surface area contributed by atoms with Gasteiger partial charge in [-0.05, 0) is 77.2 Å². The van der Waals surface area contributed by atoms with E-state index in [9.17, 15) is 4.79 Å². The van der Waals surface area contributed by atoms with Gasteiger partial charge in [0.2, 0.25) is 0 Å². The second-order valence-electron chi connectivity index (χ2n) is 9.48. The van der Waals surface area contributed by atoms with Crippen molar-refractivity contribution >= 4 is 33.3 Å². The van der Waals surface area contributed by atoms with E-state index >= 15 is 0 Å². The maximum atomic E-state index is 12.9. The van der Waals surface area contributed by atoms with Gasteiger partial charge >= 0.3 is 0 Å². The van der Waals surface area contributed by atoms with Crippen LogP contribution in [0.2, 0.25) is 0 Å². The van der Waals surface area contributed by atoms with Crippen LogP contribution in [0.3, 0.4) is 0 Å². The number of anilines is 1. The summed E-state index contributed by atoms with van der Waals surface area (Å²) in [6.45, 7) is 5.06. The molecule has 0 unspecified atom stereocenters. The number of rotatable bonds is 6. The fraction of sp³-hybridized carbons (Fsp3) is 0.133. The molecule has 0 bridgehead atoms. The van der Waals surface area contributed by atoms with Crippen LogP contribution in [-0.4, -0.2) is 30.5 Å². The van der Waals surface area contributed by atoms with Crippen molar-refractivity contribution < 1.29 is 4.79 Å². The van der Waals surface area contributed by atoms with Crippen molar-refractivity contribution in [3.05, 3.63) is 113 Å². The first-order chi connectivity index (χ1) is 18.5. The molecular formula is C30H27N7O. The quantitative estimate of drug-likeness (QED) is 0.336. The molecular weight excluding hydrogens is 474 g/mol. The Morgan fingerprint density at radius 1 is 0.974 bits per heavy atom. The summed E-state index contributed by atoms with van der Waals surface area (Å²) in [6, 6.07) is 18.4. The Morgan fingerprint density at radius 2 is 1.87 bits per heavy atom. The van der Waals surface area contributed by atoms with E-state index in [4.69, 9.17) is 5.73 Å². The van der Waals surface area contributed by atoms with Gasteiger partial charge in [0.15, 0.2) is 0 Å². The van der Waals surface area contributed by atoms with Gasteiger partial charge in [-0.1, -0.05) is 24.3 Å². The van der Waals surface area contributed by atoms with Gasteiger partial charge < -0.3 is 11.1 Å². The molecule has 0 radical (unpaired) electrons. The monoisotopic (exact) mass is 501 g/mol. The minimum atomic E-state index is -0.160. The Balaban J connectivity index is 1.17. The van der Waals surface area contributed by atoms with Crippen LogP contribution in [-0.2, 0) is 13.1 Å². The summed E-state index contributed by atoms with van der Waals surface area (Å²) in [5, 5.41) is 16.1. The number of hydrogen-bond acceptors (Lipinski definition) is 5. The maximum Gasteiger partial charge on any atom is 0.254 e. The number of pyridine rings is 1. The van der Waals surface area contributed by atoms with Crippen LogP contribution in [0.15, 0.2) is 85.6 Å². The molecule has 6 rings (SSSR count). The Morgan fingerprint density at radius 3 is 2.71 bits per heavy atom. The van der Waals surface area contributed by atoms with E-state index in [-0.39, 0.29) is 5.91 Å². The first-order valence-electron chi connectivity index (χ1n) is 12.4. The zero-order valence-electron chi connectivity index (χ0n) is 21.2. The van der Waals surface area contributed by atoms with E-state index in [2.05, 4.69) is 57.8 Å². The van der Waals surface area contributed by atoms with E-state index in [1.54, 1.807) is 29.5 Å². The van der Waals surface area contributed by atoms with Gasteiger partial charge in [-0.15, -0.1) is 0 Å². The van der Waals surface area contributed by atoms with Gasteiger partial charge in [0.05, 0.1) is 24.0 Å². The molecule has 188 valence electrons. The van der Waals surface area contributed by atoms with E-state index in [1.165, 1.54) is 0 Å². The lowest BCUT2D eigenvalue weighted by Crippen LogP contribution is -2.23. The number of nitrogens with one attached hydrogen (secondary N) is 1. The number of carbonyl (C=O) groups excluding carboxylic acids is 1. The van der Waals surface area contributed by atoms with E-state index in [0.29, 0.717) is 24.5 Å². The SMILES string of the molecule is Cc1cc2c(N)nccc2c(C)c1CNC(=O)c1cnn(Cc2ccc3c(-n4cccn4)cccc3c2)c1. The molecule has 0 fully saturated rings. The Kier molecular flexibility index (Phi) is 5.84. The molecule has 0 aliphatic heterocycles. The van der Waals surface area contributed by atoms with Crippen LogP contribution >= 0.6 is 0 Å². The van der Waals surface area contributed by atoms with Gasteiger partial charge in [-0.25, -0.2) is 9.67 Å². The largest absolute Gasteiger partial charge is 0.383 e. The number of hydrogen-bond donors (Lipinski definition) is 2. The molecule has 3 N–H and O–H groups in total. The average molecular weight is 502 g/mol. The normalized spacial score (nSPS) is 11.3. The third-order valence-corrected chi connectivity index (χ3v) is 7.05. The van der Waals surface area contributed by atoms with Crippen LogP contribution in [0.5, 0.6) is 0 Å². The number of aromatic nitrogens is 5. The Labute approximate surface area is 219 Å². The van der Waals surface area contributed by atoms with E-state index in [0.717, 1.165) is 49.5 Å². The number of nitrogen functional groups attached to an aromatic ring is 1. The van der Waals surface area contributed by atoms with Crippen molar-refractivity contribution in [3.8, 4) is 5.69 Å². The summed E-state index contributed by atoms with van der Waals surface area (Å²) < 4.78 is 3.66. The van der Waals surface area contributed by atoms with Crippen molar-refractivity contribution in [2.75, 3.05) is 5.73 Å². The fourth-order valence-electron chi connectivity index (χ4n) is 5.05. The van der Waals surface area contributed by atoms with Crippen molar-refractivity contribution in [1.82, 2.24) is 29.9 Å². The Bertz CT molecular complexity index is 1800. The molecule has 6 aromatic rings. The second kappa shape index (κ2) is 9.48. The minimum absolute atomic E-state index is 0.160. The summed E-state index contributed by atoms with van der Waals surface area (Å²) in [7, 11) is 0. The molecule has 0 aliphatic rings. The Hall–Kier alpha value is -4.98. The van der Waals surface area contributed by atoms with Crippen LogP contribution < -0.4 is 11.1 Å². The van der Waals surface area contributed by atoms with Crippen LogP contribution in [0.4, 0.5) is 5.82 Å². The maximum absolute atomic E-state index is 12.9. The first kappa shape index (κ1) is 23.4. The third-order valence-electron chi connectivity index (χ3n) is 7.05. The van der Waals surface area contributed by atoms with Gasteiger partial charge in [0, 0.05) is 42.1 Å². The van der Waals surface area contributed by atoms with Crippen molar-refractivity contribution in [2.45, 2.75) is 26.9 Å². The highest BCUT2D eigenvalue weighted by Gasteiger charge is 2.14. The van der Waals surface area contributed by atoms with E-state index < -0.39 is 0 Å². The predicted octanol–water partition coefficient (Wildman–Crippen LogP) is 4.95. The van der Waals surface area contributed by atoms with Crippen molar-refractivity contribution in [1.29, 1.82) is 0 Å². The number of nitrogens with zero attached hydrogens (tertiary/aromatic N) is 5. The highest BCUT2D eigenvalue weighted by molar-refractivity contribution is 5.96. The minimum Gasteiger partial charge on any atom is -0.383 e. The lowest BCUT2D eigenvalue weighted by Gasteiger charge is -2.14. The van der Waals surface area contributed by atoms with Gasteiger partial charge in [-0.3, -0.25) is 9.48 Å². The highest BCUT2D eigenvalue weighted by atomic mass is 16.1. The average Bonchev–Trinajstić information content (AvgIpc) is 3.62. The molecule has 38 heavy (non-hydrogen) atoms. The lowest BCUT2D eigenvalue weighted by molar-refractivity contribution is 0.0950. The molecule has 3 heterocycles. The van der Waals surface area contributed by atoms with E-state index in [1.807, 2.05) is 42.1 Å². The number of aryl methyl sites for hydroxylation is 2. The number of benzene rings is 3. The van der Waals surface area contributed by atoms with Crippen molar-refractivity contribution in [3.63, 3.8) is 0 Å². The summed E-state index contributed by atoms with van der Waals surface area (Å²) >= 11 is 0. The molecule has 8 heteroatoms. The zero-order valence-corrected chi connectivity index (χ0v) is 21.2.